The lowest BCUT2D eigenvalue weighted by atomic mass is 10.1. The molecule has 3 atom stereocenters. The van der Waals surface area contributed by atoms with Crippen molar-refractivity contribution in [2.75, 3.05) is 6.54 Å². The fraction of sp³-hybridized carbons (Fsp3) is 0.857. The van der Waals surface area contributed by atoms with Crippen molar-refractivity contribution < 1.29 is 15.0 Å². The van der Waals surface area contributed by atoms with Crippen LogP contribution in [-0.2, 0) is 0 Å². The van der Waals surface area contributed by atoms with Gasteiger partial charge in [-0.15, -0.1) is 0 Å². The van der Waals surface area contributed by atoms with Crippen molar-refractivity contribution in [2.45, 2.75) is 25.0 Å². The van der Waals surface area contributed by atoms with Gasteiger partial charge in [-0.3, -0.25) is 0 Å². The number of aliphatic hydroxyl groups excluding tert-OH is 1. The Morgan fingerprint density at radius 1 is 1.45 bits per heavy atom. The third-order valence-corrected chi connectivity index (χ3v) is 2.75. The van der Waals surface area contributed by atoms with E-state index in [1.807, 2.05) is 0 Å². The fourth-order valence-corrected chi connectivity index (χ4v) is 2.16. The molecule has 1 aliphatic carbocycles. The van der Waals surface area contributed by atoms with Crippen molar-refractivity contribution in [2.24, 2.45) is 5.92 Å². The van der Waals surface area contributed by atoms with Crippen LogP contribution in [0.25, 0.3) is 0 Å². The van der Waals surface area contributed by atoms with E-state index in [0.29, 0.717) is 13.0 Å². The molecule has 4 heteroatoms. The van der Waals surface area contributed by atoms with Gasteiger partial charge in [0.15, 0.2) is 0 Å². The summed E-state index contributed by atoms with van der Waals surface area (Å²) >= 11 is 0. The number of carboxylic acid groups (broad SMARTS) is 1. The van der Waals surface area contributed by atoms with Crippen LogP contribution in [-0.4, -0.2) is 39.9 Å². The molecule has 2 aliphatic rings. The van der Waals surface area contributed by atoms with Crippen molar-refractivity contribution in [1.82, 2.24) is 4.90 Å². The molecule has 1 amide bonds. The molecule has 0 radical (unpaired) electrons. The third kappa shape index (κ3) is 0.894. The highest BCUT2D eigenvalue weighted by Gasteiger charge is 2.45. The molecule has 0 aromatic heterocycles. The van der Waals surface area contributed by atoms with Gasteiger partial charge in [-0.2, -0.15) is 0 Å². The zero-order valence-corrected chi connectivity index (χ0v) is 6.10. The SMILES string of the molecule is O=C(O)N1C[C@@H]2C[C@H]1C[C@H]2O. The highest BCUT2D eigenvalue weighted by Crippen LogP contribution is 2.37. The number of nitrogens with zero attached hydrogens (tertiary/aromatic N) is 1. The summed E-state index contributed by atoms with van der Waals surface area (Å²) in [5, 5.41) is 18.0. The molecule has 1 heterocycles. The Morgan fingerprint density at radius 2 is 2.18 bits per heavy atom. The number of likely N-dealkylation sites (tertiary alicyclic amines) is 1. The number of rotatable bonds is 0. The highest BCUT2D eigenvalue weighted by molar-refractivity contribution is 5.66. The molecule has 2 fully saturated rings. The molecular formula is C7H11NO3. The molecule has 1 aliphatic heterocycles. The second-order valence-electron chi connectivity index (χ2n) is 3.39. The summed E-state index contributed by atoms with van der Waals surface area (Å²) in [6.45, 7) is 0.529. The molecule has 0 spiro atoms. The van der Waals surface area contributed by atoms with Crippen LogP contribution < -0.4 is 0 Å². The van der Waals surface area contributed by atoms with Crippen molar-refractivity contribution >= 4 is 6.09 Å². The number of amides is 1. The van der Waals surface area contributed by atoms with Crippen molar-refractivity contribution in [3.05, 3.63) is 0 Å². The Kier molecular flexibility index (Phi) is 1.32. The van der Waals surface area contributed by atoms with Crippen LogP contribution in [0.3, 0.4) is 0 Å². The first-order valence-electron chi connectivity index (χ1n) is 3.86. The van der Waals surface area contributed by atoms with E-state index in [4.69, 9.17) is 5.11 Å². The van der Waals surface area contributed by atoms with Gasteiger partial charge in [0.2, 0.25) is 0 Å². The average Bonchev–Trinajstić information content (AvgIpc) is 2.43. The van der Waals surface area contributed by atoms with Crippen LogP contribution in [0.2, 0.25) is 0 Å². The maximum absolute atomic E-state index is 10.5. The summed E-state index contributed by atoms with van der Waals surface area (Å²) in [4.78, 5) is 12.0. The zero-order chi connectivity index (χ0) is 8.01. The lowest BCUT2D eigenvalue weighted by Gasteiger charge is -2.26. The number of carbonyl (C=O) groups is 1. The molecule has 62 valence electrons. The Balaban J connectivity index is 2.08. The fourth-order valence-electron chi connectivity index (χ4n) is 2.16. The van der Waals surface area contributed by atoms with E-state index >= 15 is 0 Å². The van der Waals surface area contributed by atoms with E-state index in [1.165, 1.54) is 4.90 Å². The molecule has 2 N–H and O–H groups in total. The average molecular weight is 157 g/mol. The molecule has 11 heavy (non-hydrogen) atoms. The summed E-state index contributed by atoms with van der Waals surface area (Å²) in [6, 6.07) is 0.0903. The van der Waals surface area contributed by atoms with Gasteiger partial charge < -0.3 is 15.1 Å². The van der Waals surface area contributed by atoms with E-state index < -0.39 is 6.09 Å². The number of hydrogen-bond acceptors (Lipinski definition) is 2. The van der Waals surface area contributed by atoms with E-state index in [9.17, 15) is 9.90 Å². The first-order chi connectivity index (χ1) is 5.18. The van der Waals surface area contributed by atoms with E-state index in [-0.39, 0.29) is 18.1 Å². The number of hydrogen-bond donors (Lipinski definition) is 2. The Bertz CT molecular complexity index is 192. The van der Waals surface area contributed by atoms with Gasteiger partial charge in [0.25, 0.3) is 0 Å². The van der Waals surface area contributed by atoms with Crippen LogP contribution in [0.1, 0.15) is 12.8 Å². The first kappa shape index (κ1) is 6.91. The van der Waals surface area contributed by atoms with Crippen molar-refractivity contribution in [3.63, 3.8) is 0 Å². The molecule has 0 unspecified atom stereocenters. The number of piperidine rings is 1. The monoisotopic (exact) mass is 157 g/mol. The Morgan fingerprint density at radius 3 is 2.55 bits per heavy atom. The summed E-state index contributed by atoms with van der Waals surface area (Å²) in [7, 11) is 0. The first-order valence-corrected chi connectivity index (χ1v) is 3.86. The number of fused-ring (bicyclic) bond motifs is 2. The van der Waals surface area contributed by atoms with Crippen molar-refractivity contribution in [1.29, 1.82) is 0 Å². The molecule has 2 bridgehead atoms. The topological polar surface area (TPSA) is 60.8 Å². The zero-order valence-electron chi connectivity index (χ0n) is 6.10. The summed E-state index contributed by atoms with van der Waals surface area (Å²) < 4.78 is 0. The van der Waals surface area contributed by atoms with Gasteiger partial charge in [-0.1, -0.05) is 0 Å². The molecule has 2 rings (SSSR count). The van der Waals surface area contributed by atoms with E-state index in [1.54, 1.807) is 0 Å². The molecular weight excluding hydrogens is 146 g/mol. The van der Waals surface area contributed by atoms with Gasteiger partial charge in [-0.05, 0) is 12.8 Å². The van der Waals surface area contributed by atoms with Crippen LogP contribution >= 0.6 is 0 Å². The quantitative estimate of drug-likeness (QED) is 0.525. The second-order valence-corrected chi connectivity index (χ2v) is 3.39. The standard InChI is InChI=1S/C7H11NO3/c9-6-2-5-1-4(6)3-8(5)7(10)11/h4-6,9H,1-3H2,(H,10,11)/t4-,5-,6+/m0/s1. The Labute approximate surface area is 64.4 Å². The molecule has 4 nitrogen and oxygen atoms in total. The third-order valence-electron chi connectivity index (χ3n) is 2.75. The molecule has 0 aromatic carbocycles. The van der Waals surface area contributed by atoms with Crippen LogP contribution in [0.4, 0.5) is 4.79 Å². The van der Waals surface area contributed by atoms with Crippen LogP contribution in [0.15, 0.2) is 0 Å². The second kappa shape index (κ2) is 2.11. The smallest absolute Gasteiger partial charge is 0.407 e. The Hall–Kier alpha value is -0.770. The minimum absolute atomic E-state index is 0.0903. The number of aliphatic hydroxyl groups is 1. The van der Waals surface area contributed by atoms with Crippen LogP contribution in [0, 0.1) is 5.92 Å². The normalized spacial score (nSPS) is 41.5. The van der Waals surface area contributed by atoms with Gasteiger partial charge in [-0.25, -0.2) is 4.79 Å². The van der Waals surface area contributed by atoms with Gasteiger partial charge >= 0.3 is 6.09 Å². The molecule has 0 aromatic rings. The van der Waals surface area contributed by atoms with Gasteiger partial charge in [0, 0.05) is 18.5 Å². The lowest BCUT2D eigenvalue weighted by molar-refractivity contribution is 0.0705. The van der Waals surface area contributed by atoms with E-state index in [0.717, 1.165) is 6.42 Å². The van der Waals surface area contributed by atoms with Crippen LogP contribution in [0.5, 0.6) is 0 Å². The van der Waals surface area contributed by atoms with Gasteiger partial charge in [0.1, 0.15) is 0 Å². The van der Waals surface area contributed by atoms with E-state index in [2.05, 4.69) is 0 Å². The van der Waals surface area contributed by atoms with Gasteiger partial charge in [0.05, 0.1) is 6.10 Å². The summed E-state index contributed by atoms with van der Waals surface area (Å²) in [5.74, 6) is 0.205. The van der Waals surface area contributed by atoms with Crippen molar-refractivity contribution in [3.8, 4) is 0 Å². The largest absolute Gasteiger partial charge is 0.465 e. The molecule has 1 saturated carbocycles. The summed E-state index contributed by atoms with van der Waals surface area (Å²) in [5.41, 5.74) is 0. The molecule has 1 saturated heterocycles. The predicted molar refractivity (Wildman–Crippen MR) is 37.2 cm³/mol. The maximum Gasteiger partial charge on any atom is 0.407 e. The minimum Gasteiger partial charge on any atom is -0.465 e. The minimum atomic E-state index is -0.843. The summed E-state index contributed by atoms with van der Waals surface area (Å²) in [6.07, 6.45) is 0.393. The highest BCUT2D eigenvalue weighted by atomic mass is 16.4. The predicted octanol–water partition coefficient (Wildman–Crippen LogP) is 0.120. The maximum atomic E-state index is 10.5. The lowest BCUT2D eigenvalue weighted by Crippen LogP contribution is -2.40.